The second kappa shape index (κ2) is 4.87. The molecule has 0 saturated carbocycles. The van der Waals surface area contributed by atoms with Crippen LogP contribution in [0.25, 0.3) is 0 Å². The molecule has 0 radical (unpaired) electrons. The Labute approximate surface area is 131 Å². The molecule has 116 valence electrons. The molecule has 3 heteroatoms. The molecule has 1 aromatic rings. The highest BCUT2D eigenvalue weighted by molar-refractivity contribution is 5.74. The number of nitrogens with one attached hydrogen (secondary N) is 1. The molecule has 0 bridgehead atoms. The van der Waals surface area contributed by atoms with Gasteiger partial charge >= 0.3 is 5.97 Å². The fraction of sp³-hybridized carbons (Fsp3) is 0.526. The number of benzene rings is 1. The van der Waals surface area contributed by atoms with Gasteiger partial charge in [0.15, 0.2) is 0 Å². The normalized spacial score (nSPS) is 32.5. The molecular weight excluding hydrogens is 274 g/mol. The molecule has 0 spiro atoms. The van der Waals surface area contributed by atoms with Gasteiger partial charge in [0, 0.05) is 17.6 Å². The zero-order valence-corrected chi connectivity index (χ0v) is 13.3. The lowest BCUT2D eigenvalue weighted by Crippen LogP contribution is -2.35. The molecule has 1 fully saturated rings. The van der Waals surface area contributed by atoms with E-state index in [-0.39, 0.29) is 17.5 Å². The van der Waals surface area contributed by atoms with Gasteiger partial charge in [-0.05, 0) is 48.0 Å². The van der Waals surface area contributed by atoms with Gasteiger partial charge in [-0.3, -0.25) is 4.79 Å². The molecule has 22 heavy (non-hydrogen) atoms. The quantitative estimate of drug-likeness (QED) is 0.664. The lowest BCUT2D eigenvalue weighted by atomic mass is 9.71. The summed E-state index contributed by atoms with van der Waals surface area (Å²) in [6.07, 6.45) is 3.93. The van der Waals surface area contributed by atoms with E-state index in [0.717, 1.165) is 19.3 Å². The lowest BCUT2D eigenvalue weighted by molar-refractivity contribution is -0.140. The second-order valence-corrected chi connectivity index (χ2v) is 7.50. The van der Waals surface area contributed by atoms with Crippen LogP contribution in [0.3, 0.4) is 0 Å². The summed E-state index contributed by atoms with van der Waals surface area (Å²) in [5, 5.41) is 3.69. The molecule has 0 amide bonds. The predicted molar refractivity (Wildman–Crippen MR) is 86.5 cm³/mol. The summed E-state index contributed by atoms with van der Waals surface area (Å²) >= 11 is 0. The molecular formula is C19H23NO2. The summed E-state index contributed by atoms with van der Waals surface area (Å²) < 4.78 is 5.66. The third-order valence-corrected chi connectivity index (χ3v) is 5.55. The molecule has 1 aliphatic heterocycles. The summed E-state index contributed by atoms with van der Waals surface area (Å²) in [4.78, 5) is 11.7. The third kappa shape index (κ3) is 2.15. The van der Waals surface area contributed by atoms with Crippen molar-refractivity contribution in [3.63, 3.8) is 0 Å². The largest absolute Gasteiger partial charge is 0.457 e. The molecule has 1 aromatic carbocycles. The maximum Gasteiger partial charge on any atom is 0.306 e. The SMILES string of the molecule is CC1(C)CCC(Nc2ccccc2)C2=C1C1OC(=O)CC1C2. The molecule has 3 nitrogen and oxygen atoms in total. The number of esters is 1. The second-order valence-electron chi connectivity index (χ2n) is 7.50. The first kappa shape index (κ1) is 13.9. The van der Waals surface area contributed by atoms with E-state index in [1.54, 1.807) is 0 Å². The highest BCUT2D eigenvalue weighted by Gasteiger charge is 2.51. The van der Waals surface area contributed by atoms with Crippen molar-refractivity contribution in [1.29, 1.82) is 0 Å². The van der Waals surface area contributed by atoms with Gasteiger partial charge in [-0.25, -0.2) is 0 Å². The zero-order valence-electron chi connectivity index (χ0n) is 13.3. The van der Waals surface area contributed by atoms with Crippen LogP contribution < -0.4 is 5.32 Å². The average Bonchev–Trinajstić information content (AvgIpc) is 2.99. The van der Waals surface area contributed by atoms with Crippen LogP contribution in [0.1, 0.15) is 39.5 Å². The number of anilines is 1. The Morgan fingerprint density at radius 3 is 2.73 bits per heavy atom. The number of hydrogen-bond acceptors (Lipinski definition) is 3. The first-order chi connectivity index (χ1) is 10.5. The van der Waals surface area contributed by atoms with Gasteiger partial charge in [-0.2, -0.15) is 0 Å². The molecule has 4 rings (SSSR count). The van der Waals surface area contributed by atoms with Crippen LogP contribution in [0.15, 0.2) is 41.5 Å². The topological polar surface area (TPSA) is 38.3 Å². The summed E-state index contributed by atoms with van der Waals surface area (Å²) in [6.45, 7) is 4.60. The van der Waals surface area contributed by atoms with Crippen LogP contribution in [0.2, 0.25) is 0 Å². The maximum absolute atomic E-state index is 11.7. The van der Waals surface area contributed by atoms with E-state index in [4.69, 9.17) is 4.74 Å². The highest BCUT2D eigenvalue weighted by atomic mass is 16.6. The van der Waals surface area contributed by atoms with Crippen molar-refractivity contribution < 1.29 is 9.53 Å². The predicted octanol–water partition coefficient (Wildman–Crippen LogP) is 3.92. The molecule has 3 atom stereocenters. The van der Waals surface area contributed by atoms with Gasteiger partial charge in [-0.1, -0.05) is 32.0 Å². The van der Waals surface area contributed by atoms with Crippen molar-refractivity contribution in [2.45, 2.75) is 51.7 Å². The van der Waals surface area contributed by atoms with E-state index >= 15 is 0 Å². The van der Waals surface area contributed by atoms with Crippen LogP contribution in [0, 0.1) is 11.3 Å². The fourth-order valence-corrected chi connectivity index (χ4v) is 4.51. The smallest absolute Gasteiger partial charge is 0.306 e. The van der Waals surface area contributed by atoms with E-state index < -0.39 is 0 Å². The van der Waals surface area contributed by atoms with Crippen molar-refractivity contribution in [2.24, 2.45) is 11.3 Å². The Morgan fingerprint density at radius 2 is 1.95 bits per heavy atom. The van der Waals surface area contributed by atoms with Crippen molar-refractivity contribution in [2.75, 3.05) is 5.32 Å². The summed E-state index contributed by atoms with van der Waals surface area (Å²) in [7, 11) is 0. The lowest BCUT2D eigenvalue weighted by Gasteiger charge is -2.39. The Hall–Kier alpha value is -1.77. The molecule has 3 unspecified atom stereocenters. The van der Waals surface area contributed by atoms with Gasteiger partial charge in [0.25, 0.3) is 0 Å². The van der Waals surface area contributed by atoms with Gasteiger partial charge in [-0.15, -0.1) is 0 Å². The number of rotatable bonds is 2. The highest BCUT2D eigenvalue weighted by Crippen LogP contribution is 2.53. The number of carbonyl (C=O) groups is 1. The minimum Gasteiger partial charge on any atom is -0.457 e. The molecule has 1 heterocycles. The minimum absolute atomic E-state index is 0.0181. The molecule has 2 aliphatic carbocycles. The van der Waals surface area contributed by atoms with Crippen molar-refractivity contribution in [3.8, 4) is 0 Å². The van der Waals surface area contributed by atoms with E-state index in [2.05, 4.69) is 43.4 Å². The molecule has 1 N–H and O–H groups in total. The first-order valence-electron chi connectivity index (χ1n) is 8.29. The average molecular weight is 297 g/mol. The Morgan fingerprint density at radius 1 is 1.18 bits per heavy atom. The molecule has 1 saturated heterocycles. The monoisotopic (exact) mass is 297 g/mol. The minimum atomic E-state index is -0.0181. The Kier molecular flexibility index (Phi) is 3.07. The number of carbonyl (C=O) groups excluding carboxylic acids is 1. The summed E-state index contributed by atoms with van der Waals surface area (Å²) in [5.41, 5.74) is 4.23. The van der Waals surface area contributed by atoms with E-state index in [0.29, 0.717) is 18.4 Å². The van der Waals surface area contributed by atoms with E-state index in [9.17, 15) is 4.79 Å². The van der Waals surface area contributed by atoms with Crippen LogP contribution in [-0.4, -0.2) is 18.1 Å². The van der Waals surface area contributed by atoms with Gasteiger partial charge < -0.3 is 10.1 Å². The standard InChI is InChI=1S/C19H23NO2/c1-19(2)9-8-15(20-13-6-4-3-5-7-13)14-10-12-11-16(21)22-18(12)17(14)19/h3-7,12,15,18,20H,8-11H2,1-2H3. The van der Waals surface area contributed by atoms with Gasteiger partial charge in [0.2, 0.25) is 0 Å². The maximum atomic E-state index is 11.7. The van der Waals surface area contributed by atoms with Crippen LogP contribution in [0.4, 0.5) is 5.69 Å². The van der Waals surface area contributed by atoms with Crippen molar-refractivity contribution in [3.05, 3.63) is 41.5 Å². The van der Waals surface area contributed by atoms with E-state index in [1.165, 1.54) is 16.8 Å². The Bertz CT molecular complexity index is 632. The van der Waals surface area contributed by atoms with E-state index in [1.807, 2.05) is 6.07 Å². The number of ether oxygens (including phenoxy) is 1. The van der Waals surface area contributed by atoms with Crippen LogP contribution >= 0.6 is 0 Å². The molecule has 3 aliphatic rings. The third-order valence-electron chi connectivity index (χ3n) is 5.55. The van der Waals surface area contributed by atoms with Crippen LogP contribution in [0.5, 0.6) is 0 Å². The van der Waals surface area contributed by atoms with Crippen LogP contribution in [-0.2, 0) is 9.53 Å². The summed E-state index contributed by atoms with van der Waals surface area (Å²) in [5.74, 6) is 0.352. The summed E-state index contributed by atoms with van der Waals surface area (Å²) in [6, 6.07) is 10.8. The Balaban J connectivity index is 1.67. The number of para-hydroxylation sites is 1. The molecule has 0 aromatic heterocycles. The van der Waals surface area contributed by atoms with Crippen molar-refractivity contribution >= 4 is 11.7 Å². The number of fused-ring (bicyclic) bond motifs is 2. The zero-order chi connectivity index (χ0) is 15.3. The first-order valence-corrected chi connectivity index (χ1v) is 8.29. The van der Waals surface area contributed by atoms with Gasteiger partial charge in [0.05, 0.1) is 6.42 Å². The van der Waals surface area contributed by atoms with Gasteiger partial charge in [0.1, 0.15) is 6.10 Å². The number of hydrogen-bond donors (Lipinski definition) is 1. The van der Waals surface area contributed by atoms with Crippen molar-refractivity contribution in [1.82, 2.24) is 0 Å². The fourth-order valence-electron chi connectivity index (χ4n) is 4.51.